The Balaban J connectivity index is 0.0000151. The Labute approximate surface area is 392 Å². The number of pyridine rings is 2. The van der Waals surface area contributed by atoms with Crippen LogP contribution in [0.15, 0.2) is 58.8 Å². The van der Waals surface area contributed by atoms with Crippen LogP contribution in [0, 0.1) is 0 Å². The standard InChI is InChI=1S/C50H90N2S2.2HI/c1-3-5-7-9-11-13-15-17-19-21-23-25-27-29-31-33-41-51-43-37-49(38-44-51)53-47-35-36-48-54-50-39-45-52(46-40-50)42-34-32-30-28-26-24-22-20-18-16-14-12-10-8-6-4-2;;/h37-40,43-46H,3-36,41-42,47-48H2,1-2H3;2*1H/q+2;;/p-2. The Hall–Kier alpha value is 0.460. The molecule has 0 atom stereocenters. The van der Waals surface area contributed by atoms with E-state index in [-0.39, 0.29) is 48.0 Å². The van der Waals surface area contributed by atoms with E-state index in [4.69, 9.17) is 0 Å². The van der Waals surface area contributed by atoms with Crippen LogP contribution in [-0.4, -0.2) is 11.5 Å². The molecule has 2 aromatic rings. The maximum absolute atomic E-state index is 2.38. The first-order chi connectivity index (χ1) is 26.8. The van der Waals surface area contributed by atoms with E-state index in [1.54, 1.807) is 0 Å². The van der Waals surface area contributed by atoms with Crippen LogP contribution >= 0.6 is 23.5 Å². The van der Waals surface area contributed by atoms with E-state index in [1.807, 2.05) is 23.5 Å². The molecule has 0 N–H and O–H groups in total. The zero-order valence-corrected chi connectivity index (χ0v) is 42.9. The predicted octanol–water partition coefficient (Wildman–Crippen LogP) is 10.5. The maximum atomic E-state index is 2.38. The van der Waals surface area contributed by atoms with Crippen molar-refractivity contribution in [2.45, 2.75) is 255 Å². The number of thioether (sulfide) groups is 2. The largest absolute Gasteiger partial charge is 1.00 e. The van der Waals surface area contributed by atoms with E-state index in [1.165, 1.54) is 253 Å². The highest BCUT2D eigenvalue weighted by atomic mass is 127. The van der Waals surface area contributed by atoms with Crippen LogP contribution in [0.3, 0.4) is 0 Å². The minimum Gasteiger partial charge on any atom is -1.00 e. The number of rotatable bonds is 41. The molecule has 2 nitrogen and oxygen atoms in total. The fourth-order valence-corrected chi connectivity index (χ4v) is 9.44. The number of aryl methyl sites for hydroxylation is 2. The fourth-order valence-electron chi connectivity index (χ4n) is 7.65. The highest BCUT2D eigenvalue weighted by Gasteiger charge is 2.05. The van der Waals surface area contributed by atoms with Crippen LogP contribution in [-0.2, 0) is 13.1 Å². The minimum atomic E-state index is 0. The van der Waals surface area contributed by atoms with Gasteiger partial charge in [0.1, 0.15) is 13.1 Å². The summed E-state index contributed by atoms with van der Waals surface area (Å²) in [6, 6.07) is 9.30. The first-order valence-electron chi connectivity index (χ1n) is 24.1. The summed E-state index contributed by atoms with van der Waals surface area (Å²) in [6.45, 7) is 6.94. The maximum Gasteiger partial charge on any atom is 0.169 e. The predicted molar refractivity (Wildman–Crippen MR) is 243 cm³/mol. The quantitative estimate of drug-likeness (QED) is 0.0284. The van der Waals surface area contributed by atoms with Crippen molar-refractivity contribution in [2.75, 3.05) is 11.5 Å². The minimum absolute atomic E-state index is 0. The highest BCUT2D eigenvalue weighted by Crippen LogP contribution is 2.22. The molecule has 2 heterocycles. The summed E-state index contributed by atoms with van der Waals surface area (Å²) in [5.74, 6) is 2.44. The second-order valence-electron chi connectivity index (χ2n) is 16.6. The summed E-state index contributed by atoms with van der Waals surface area (Å²) in [5.41, 5.74) is 0. The number of hydrogen-bond acceptors (Lipinski definition) is 2. The van der Waals surface area contributed by atoms with Crippen molar-refractivity contribution in [3.05, 3.63) is 49.1 Å². The van der Waals surface area contributed by atoms with Crippen molar-refractivity contribution in [1.29, 1.82) is 0 Å². The molecule has 56 heavy (non-hydrogen) atoms. The van der Waals surface area contributed by atoms with E-state index in [2.05, 4.69) is 72.0 Å². The molecule has 0 aliphatic carbocycles. The second kappa shape index (κ2) is 45.0. The monoisotopic (exact) mass is 1040 g/mol. The summed E-state index contributed by atoms with van der Waals surface area (Å²) in [7, 11) is 0. The Morgan fingerprint density at radius 3 is 0.750 bits per heavy atom. The Morgan fingerprint density at radius 2 is 0.518 bits per heavy atom. The summed E-state index contributed by atoms with van der Waals surface area (Å²) in [4.78, 5) is 2.84. The molecule has 0 fully saturated rings. The molecule has 0 aliphatic rings. The van der Waals surface area contributed by atoms with Crippen molar-refractivity contribution in [2.24, 2.45) is 0 Å². The number of unbranched alkanes of at least 4 members (excludes halogenated alkanes) is 31. The molecule has 0 amide bonds. The normalized spacial score (nSPS) is 11.1. The van der Waals surface area contributed by atoms with E-state index < -0.39 is 0 Å². The molecule has 0 saturated carbocycles. The lowest BCUT2D eigenvalue weighted by Crippen LogP contribution is -3.00. The van der Waals surface area contributed by atoms with Gasteiger partial charge in [-0.15, -0.1) is 23.5 Å². The third-order valence-corrected chi connectivity index (χ3v) is 13.5. The van der Waals surface area contributed by atoms with Gasteiger partial charge in [-0.2, -0.15) is 0 Å². The van der Waals surface area contributed by atoms with E-state index in [0.717, 1.165) is 0 Å². The molecule has 2 aromatic heterocycles. The molecule has 0 bridgehead atoms. The van der Waals surface area contributed by atoms with Crippen LogP contribution in [0.25, 0.3) is 0 Å². The van der Waals surface area contributed by atoms with Crippen LogP contribution in [0.1, 0.15) is 232 Å². The molecule has 0 unspecified atom stereocenters. The van der Waals surface area contributed by atoms with Crippen LogP contribution in [0.5, 0.6) is 0 Å². The average molecular weight is 1040 g/mol. The lowest BCUT2D eigenvalue weighted by Gasteiger charge is -2.04. The zero-order chi connectivity index (χ0) is 38.3. The molecular weight excluding hydrogens is 947 g/mol. The first kappa shape index (κ1) is 56.5. The van der Waals surface area contributed by atoms with Gasteiger partial charge < -0.3 is 48.0 Å². The lowest BCUT2D eigenvalue weighted by atomic mass is 10.0. The van der Waals surface area contributed by atoms with Gasteiger partial charge in [0.2, 0.25) is 0 Å². The third kappa shape index (κ3) is 36.3. The Bertz CT molecular complexity index is 953. The van der Waals surface area contributed by atoms with Crippen LogP contribution in [0.4, 0.5) is 0 Å². The number of halogens is 2. The average Bonchev–Trinajstić information content (AvgIpc) is 3.20. The summed E-state index contributed by atoms with van der Waals surface area (Å²) in [5, 5.41) is 0. The molecule has 0 spiro atoms. The third-order valence-electron chi connectivity index (χ3n) is 11.3. The van der Waals surface area contributed by atoms with Gasteiger partial charge in [-0.1, -0.05) is 194 Å². The van der Waals surface area contributed by atoms with Crippen molar-refractivity contribution in [1.82, 2.24) is 0 Å². The number of nitrogens with zero attached hydrogens (tertiary/aromatic N) is 2. The topological polar surface area (TPSA) is 7.76 Å². The van der Waals surface area contributed by atoms with Gasteiger partial charge in [-0.3, -0.25) is 0 Å². The second-order valence-corrected chi connectivity index (χ2v) is 18.9. The molecule has 0 aromatic carbocycles. The molecule has 0 aliphatic heterocycles. The van der Waals surface area contributed by atoms with Crippen molar-refractivity contribution < 1.29 is 57.1 Å². The number of aromatic nitrogens is 2. The molecule has 0 radical (unpaired) electrons. The summed E-state index contributed by atoms with van der Waals surface area (Å²) >= 11 is 4.04. The van der Waals surface area contributed by atoms with Gasteiger partial charge >= 0.3 is 0 Å². The van der Waals surface area contributed by atoms with E-state index >= 15 is 0 Å². The first-order valence-corrected chi connectivity index (χ1v) is 26.0. The van der Waals surface area contributed by atoms with Crippen molar-refractivity contribution in [3.8, 4) is 0 Å². The Kier molecular flexibility index (Phi) is 45.4. The van der Waals surface area contributed by atoms with Crippen LogP contribution < -0.4 is 57.1 Å². The van der Waals surface area contributed by atoms with Gasteiger partial charge in [-0.05, 0) is 37.2 Å². The molecule has 0 saturated heterocycles. The van der Waals surface area contributed by atoms with Gasteiger partial charge in [-0.25, -0.2) is 9.13 Å². The SMILES string of the molecule is CCCCCCCCCCCCCCCCCC[n+]1ccc(SCCCCSc2cc[n+](CCCCCCCCCCCCCCCCCC)cc2)cc1.[I-].[I-]. The smallest absolute Gasteiger partial charge is 0.169 e. The molecule has 326 valence electrons. The van der Waals surface area contributed by atoms with E-state index in [0.29, 0.717) is 0 Å². The number of hydrogen-bond donors (Lipinski definition) is 0. The lowest BCUT2D eigenvalue weighted by molar-refractivity contribution is -0.697. The van der Waals surface area contributed by atoms with Gasteiger partial charge in [0.15, 0.2) is 24.8 Å². The summed E-state index contributed by atoms with van der Waals surface area (Å²) in [6.07, 6.45) is 57.7. The van der Waals surface area contributed by atoms with Crippen molar-refractivity contribution in [3.63, 3.8) is 0 Å². The zero-order valence-electron chi connectivity index (χ0n) is 37.0. The van der Waals surface area contributed by atoms with Gasteiger partial charge in [0.25, 0.3) is 0 Å². The Morgan fingerprint density at radius 1 is 0.304 bits per heavy atom. The molecule has 2 rings (SSSR count). The summed E-state index contributed by atoms with van der Waals surface area (Å²) < 4.78 is 4.77. The highest BCUT2D eigenvalue weighted by molar-refractivity contribution is 7.99. The molecular formula is C50H90I2N2S2. The van der Waals surface area contributed by atoms with Gasteiger partial charge in [0.05, 0.1) is 0 Å². The van der Waals surface area contributed by atoms with Gasteiger partial charge in [0, 0.05) is 46.9 Å². The van der Waals surface area contributed by atoms with E-state index in [9.17, 15) is 0 Å². The van der Waals surface area contributed by atoms with Crippen LogP contribution in [0.2, 0.25) is 0 Å². The van der Waals surface area contributed by atoms with Crippen molar-refractivity contribution >= 4 is 23.5 Å². The molecule has 6 heteroatoms. The fraction of sp³-hybridized carbons (Fsp3) is 0.800.